The molecule has 0 radical (unpaired) electrons. The molecule has 0 saturated carbocycles. The number of nitrogens with zero attached hydrogens (tertiary/aromatic N) is 1. The number of hydrogen-bond donors (Lipinski definition) is 1. The van der Waals surface area contributed by atoms with Crippen molar-refractivity contribution in [2.45, 2.75) is 39.0 Å². The highest BCUT2D eigenvalue weighted by Crippen LogP contribution is 2.34. The van der Waals surface area contributed by atoms with Gasteiger partial charge in [0.25, 0.3) is 5.91 Å². The number of likely N-dealkylation sites (tertiary alicyclic amines) is 1. The number of amides is 1. The summed E-state index contributed by atoms with van der Waals surface area (Å²) in [5.74, 6) is 0.206. The number of aryl methyl sites for hydroxylation is 1. The summed E-state index contributed by atoms with van der Waals surface area (Å²) in [6.45, 7) is 3.41. The van der Waals surface area contributed by atoms with Crippen LogP contribution in [0, 0.1) is 11.8 Å². The molecule has 2 aliphatic rings. The largest absolute Gasteiger partial charge is 0.481 e. The van der Waals surface area contributed by atoms with Crippen molar-refractivity contribution in [2.75, 3.05) is 13.1 Å². The number of thiophene rings is 1. The van der Waals surface area contributed by atoms with Gasteiger partial charge in [-0.3, -0.25) is 9.59 Å². The van der Waals surface area contributed by atoms with Crippen LogP contribution in [0.15, 0.2) is 6.07 Å². The lowest BCUT2D eigenvalue weighted by Gasteiger charge is -2.38. The number of fused-ring (bicyclic) bond motifs is 1. The number of carbonyl (C=O) groups is 2. The van der Waals surface area contributed by atoms with Crippen LogP contribution in [0.2, 0.25) is 0 Å². The standard InChI is InChI=1S/C16H21NO3S/c1-2-10-3-4-13-12(5-10)7-14(21-13)16(20)17-8-11(9-17)6-15(18)19/h7,10-11H,2-6,8-9H2,1H3,(H,18,19). The first kappa shape index (κ1) is 14.6. The van der Waals surface area contributed by atoms with E-state index in [2.05, 4.69) is 13.0 Å². The summed E-state index contributed by atoms with van der Waals surface area (Å²) < 4.78 is 0. The monoisotopic (exact) mass is 307 g/mol. The normalized spacial score (nSPS) is 21.8. The summed E-state index contributed by atoms with van der Waals surface area (Å²) >= 11 is 1.64. The molecule has 1 atom stereocenters. The van der Waals surface area contributed by atoms with Crippen LogP contribution in [0.4, 0.5) is 0 Å². The third-order valence-electron chi connectivity index (χ3n) is 4.68. The van der Waals surface area contributed by atoms with Gasteiger partial charge in [0.05, 0.1) is 11.3 Å². The smallest absolute Gasteiger partial charge is 0.303 e. The van der Waals surface area contributed by atoms with Crippen LogP contribution >= 0.6 is 11.3 Å². The number of carboxylic acids is 1. The number of carbonyl (C=O) groups excluding carboxylic acids is 1. The van der Waals surface area contributed by atoms with Crippen LogP contribution in [-0.2, 0) is 17.6 Å². The van der Waals surface area contributed by atoms with Crippen molar-refractivity contribution in [1.29, 1.82) is 0 Å². The molecular weight excluding hydrogens is 286 g/mol. The summed E-state index contributed by atoms with van der Waals surface area (Å²) in [6.07, 6.45) is 4.83. The molecule has 0 aromatic carbocycles. The van der Waals surface area contributed by atoms with Gasteiger partial charge in [-0.15, -0.1) is 11.3 Å². The van der Waals surface area contributed by atoms with Crippen molar-refractivity contribution in [3.8, 4) is 0 Å². The lowest BCUT2D eigenvalue weighted by atomic mass is 9.87. The van der Waals surface area contributed by atoms with E-state index in [9.17, 15) is 9.59 Å². The molecule has 3 rings (SSSR count). The van der Waals surface area contributed by atoms with E-state index in [1.54, 1.807) is 16.2 Å². The van der Waals surface area contributed by atoms with Gasteiger partial charge in [0.15, 0.2) is 0 Å². The Hall–Kier alpha value is -1.36. The summed E-state index contributed by atoms with van der Waals surface area (Å²) in [7, 11) is 0. The van der Waals surface area contributed by atoms with E-state index in [4.69, 9.17) is 5.11 Å². The Labute approximate surface area is 128 Å². The maximum Gasteiger partial charge on any atom is 0.303 e. The topological polar surface area (TPSA) is 57.6 Å². The predicted octanol–water partition coefficient (Wildman–Crippen LogP) is 2.81. The maximum atomic E-state index is 12.4. The van der Waals surface area contributed by atoms with Crippen LogP contribution in [0.5, 0.6) is 0 Å². The number of aliphatic carboxylic acids is 1. The van der Waals surface area contributed by atoms with E-state index in [1.165, 1.54) is 23.3 Å². The molecule has 1 fully saturated rings. The molecule has 21 heavy (non-hydrogen) atoms. The summed E-state index contributed by atoms with van der Waals surface area (Å²) in [6, 6.07) is 2.08. The minimum Gasteiger partial charge on any atom is -0.481 e. The van der Waals surface area contributed by atoms with Crippen molar-refractivity contribution in [2.24, 2.45) is 11.8 Å². The molecule has 0 bridgehead atoms. The Morgan fingerprint density at radius 2 is 2.14 bits per heavy atom. The second-order valence-corrected chi connectivity index (χ2v) is 7.39. The predicted molar refractivity (Wildman–Crippen MR) is 81.8 cm³/mol. The molecule has 1 N–H and O–H groups in total. The van der Waals surface area contributed by atoms with E-state index in [1.807, 2.05) is 0 Å². The van der Waals surface area contributed by atoms with Crippen LogP contribution in [0.1, 0.15) is 46.3 Å². The average molecular weight is 307 g/mol. The zero-order valence-corrected chi connectivity index (χ0v) is 13.1. The second-order valence-electron chi connectivity index (χ2n) is 6.25. The molecule has 1 aliphatic carbocycles. The van der Waals surface area contributed by atoms with Gasteiger partial charge >= 0.3 is 5.97 Å². The first-order valence-electron chi connectivity index (χ1n) is 7.69. The van der Waals surface area contributed by atoms with Crippen molar-refractivity contribution < 1.29 is 14.7 Å². The molecule has 114 valence electrons. The van der Waals surface area contributed by atoms with Gasteiger partial charge in [-0.1, -0.05) is 13.3 Å². The van der Waals surface area contributed by atoms with Crippen LogP contribution < -0.4 is 0 Å². The molecule has 0 spiro atoms. The first-order valence-corrected chi connectivity index (χ1v) is 8.51. The summed E-state index contributed by atoms with van der Waals surface area (Å²) in [5, 5.41) is 8.75. The fraction of sp³-hybridized carbons (Fsp3) is 0.625. The molecule has 1 unspecified atom stereocenters. The Balaban J connectivity index is 1.62. The first-order chi connectivity index (χ1) is 10.1. The Morgan fingerprint density at radius 3 is 2.81 bits per heavy atom. The van der Waals surface area contributed by atoms with Crippen molar-refractivity contribution >= 4 is 23.2 Å². The van der Waals surface area contributed by atoms with Gasteiger partial charge in [-0.25, -0.2) is 0 Å². The van der Waals surface area contributed by atoms with Crippen molar-refractivity contribution in [3.05, 3.63) is 21.4 Å². The Kier molecular flexibility index (Phi) is 4.02. The highest BCUT2D eigenvalue weighted by molar-refractivity contribution is 7.14. The zero-order chi connectivity index (χ0) is 15.0. The lowest BCUT2D eigenvalue weighted by molar-refractivity contribution is -0.139. The fourth-order valence-corrected chi connectivity index (χ4v) is 4.50. The summed E-state index contributed by atoms with van der Waals surface area (Å²) in [5.41, 5.74) is 1.36. The molecular formula is C16H21NO3S. The van der Waals surface area contributed by atoms with Crippen LogP contribution in [-0.4, -0.2) is 35.0 Å². The van der Waals surface area contributed by atoms with E-state index < -0.39 is 5.97 Å². The van der Waals surface area contributed by atoms with E-state index in [0.29, 0.717) is 13.1 Å². The van der Waals surface area contributed by atoms with Gasteiger partial charge in [-0.05, 0) is 36.8 Å². The summed E-state index contributed by atoms with van der Waals surface area (Å²) in [4.78, 5) is 27.1. The lowest BCUT2D eigenvalue weighted by Crippen LogP contribution is -2.50. The zero-order valence-electron chi connectivity index (χ0n) is 12.3. The average Bonchev–Trinajstić information content (AvgIpc) is 2.84. The molecule has 4 nitrogen and oxygen atoms in total. The highest BCUT2D eigenvalue weighted by atomic mass is 32.1. The molecule has 2 heterocycles. The van der Waals surface area contributed by atoms with Crippen LogP contribution in [0.3, 0.4) is 0 Å². The Bertz CT molecular complexity index is 560. The minimum atomic E-state index is -0.774. The van der Waals surface area contributed by atoms with Crippen molar-refractivity contribution in [1.82, 2.24) is 4.90 Å². The van der Waals surface area contributed by atoms with Gasteiger partial charge in [-0.2, -0.15) is 0 Å². The van der Waals surface area contributed by atoms with Gasteiger partial charge < -0.3 is 10.0 Å². The van der Waals surface area contributed by atoms with E-state index >= 15 is 0 Å². The number of rotatable bonds is 4. The van der Waals surface area contributed by atoms with Gasteiger partial charge in [0.2, 0.25) is 0 Å². The Morgan fingerprint density at radius 1 is 1.38 bits per heavy atom. The highest BCUT2D eigenvalue weighted by Gasteiger charge is 2.33. The van der Waals surface area contributed by atoms with Gasteiger partial charge in [0.1, 0.15) is 0 Å². The van der Waals surface area contributed by atoms with Crippen LogP contribution in [0.25, 0.3) is 0 Å². The fourth-order valence-electron chi connectivity index (χ4n) is 3.32. The van der Waals surface area contributed by atoms with E-state index in [0.717, 1.165) is 23.6 Å². The van der Waals surface area contributed by atoms with Crippen molar-refractivity contribution in [3.63, 3.8) is 0 Å². The van der Waals surface area contributed by atoms with E-state index in [-0.39, 0.29) is 18.2 Å². The third-order valence-corrected chi connectivity index (χ3v) is 5.91. The maximum absolute atomic E-state index is 12.4. The molecule has 1 amide bonds. The molecule has 5 heteroatoms. The number of hydrogen-bond acceptors (Lipinski definition) is 3. The molecule has 1 aromatic heterocycles. The molecule has 1 aromatic rings. The third kappa shape index (κ3) is 2.98. The molecule has 1 aliphatic heterocycles. The molecule has 1 saturated heterocycles. The SMILES string of the molecule is CCC1CCc2sc(C(=O)N3CC(CC(=O)O)C3)cc2C1. The van der Waals surface area contributed by atoms with Gasteiger partial charge in [0, 0.05) is 23.9 Å². The second kappa shape index (κ2) is 5.79. The minimum absolute atomic E-state index is 0.0871. The number of carboxylic acid groups (broad SMARTS) is 1. The quantitative estimate of drug-likeness (QED) is 0.930.